The van der Waals surface area contributed by atoms with Crippen LogP contribution in [0.4, 0.5) is 0 Å². The molecule has 0 bridgehead atoms. The van der Waals surface area contributed by atoms with Gasteiger partial charge in [-0.2, -0.15) is 5.26 Å². The van der Waals surface area contributed by atoms with Crippen LogP contribution >= 0.6 is 0 Å². The number of rotatable bonds is 8. The van der Waals surface area contributed by atoms with Crippen LogP contribution in [0.5, 0.6) is 0 Å². The van der Waals surface area contributed by atoms with E-state index < -0.39 is 0 Å². The number of carbonyl (C=O) groups excluding carboxylic acids is 2. The van der Waals surface area contributed by atoms with Gasteiger partial charge in [0.1, 0.15) is 0 Å². The average Bonchev–Trinajstić information content (AvgIpc) is 3.37. The lowest BCUT2D eigenvalue weighted by atomic mass is 9.76. The Morgan fingerprint density at radius 1 is 1.06 bits per heavy atom. The monoisotopic (exact) mass is 486 g/mol. The van der Waals surface area contributed by atoms with Gasteiger partial charge < -0.3 is 15.0 Å². The molecular formula is C28H46N4O3. The van der Waals surface area contributed by atoms with Crippen LogP contribution in [0.15, 0.2) is 0 Å². The Morgan fingerprint density at radius 2 is 1.83 bits per heavy atom. The molecule has 2 amide bonds. The van der Waals surface area contributed by atoms with E-state index in [0.717, 1.165) is 51.6 Å². The van der Waals surface area contributed by atoms with Gasteiger partial charge >= 0.3 is 0 Å². The maximum Gasteiger partial charge on any atom is 0.223 e. The highest BCUT2D eigenvalue weighted by atomic mass is 16.5. The molecular weight excluding hydrogens is 440 g/mol. The first kappa shape index (κ1) is 26.4. The lowest BCUT2D eigenvalue weighted by Gasteiger charge is -2.37. The molecule has 7 heteroatoms. The number of carbonyl (C=O) groups is 2. The highest BCUT2D eigenvalue weighted by molar-refractivity contribution is 5.86. The molecule has 4 rings (SSSR count). The summed E-state index contributed by atoms with van der Waals surface area (Å²) in [5.74, 6) is 1.22. The summed E-state index contributed by atoms with van der Waals surface area (Å²) in [7, 11) is 0. The van der Waals surface area contributed by atoms with Gasteiger partial charge in [0.15, 0.2) is 0 Å². The Labute approximate surface area is 211 Å². The largest absolute Gasteiger partial charge is 0.378 e. The van der Waals surface area contributed by atoms with Crippen LogP contribution in [0.3, 0.4) is 0 Å². The summed E-state index contributed by atoms with van der Waals surface area (Å²) in [6.45, 7) is 6.52. The van der Waals surface area contributed by atoms with Crippen molar-refractivity contribution in [2.45, 2.75) is 96.1 Å². The van der Waals surface area contributed by atoms with Crippen LogP contribution in [0.25, 0.3) is 0 Å². The second kappa shape index (κ2) is 13.1. The van der Waals surface area contributed by atoms with Gasteiger partial charge in [-0.15, -0.1) is 0 Å². The number of nitrogens with one attached hydrogen (secondary N) is 1. The molecule has 2 heterocycles. The molecule has 0 radical (unpaired) electrons. The quantitative estimate of drug-likeness (QED) is 0.565. The van der Waals surface area contributed by atoms with Crippen molar-refractivity contribution in [2.75, 3.05) is 39.4 Å². The van der Waals surface area contributed by atoms with E-state index >= 15 is 0 Å². The first-order chi connectivity index (χ1) is 17.1. The fraction of sp³-hybridized carbons (Fsp3) is 0.893. The summed E-state index contributed by atoms with van der Waals surface area (Å²) >= 11 is 0. The van der Waals surface area contributed by atoms with Crippen molar-refractivity contribution in [3.05, 3.63) is 0 Å². The van der Waals surface area contributed by atoms with E-state index in [1.54, 1.807) is 0 Å². The zero-order chi connectivity index (χ0) is 24.6. The third-order valence-corrected chi connectivity index (χ3v) is 9.24. The van der Waals surface area contributed by atoms with E-state index in [2.05, 4.69) is 23.2 Å². The van der Waals surface area contributed by atoms with Gasteiger partial charge in [0.05, 0.1) is 25.2 Å². The summed E-state index contributed by atoms with van der Waals surface area (Å²) in [5.41, 5.74) is 0. The van der Waals surface area contributed by atoms with Gasteiger partial charge in [0, 0.05) is 50.6 Å². The molecule has 3 unspecified atom stereocenters. The predicted octanol–water partition coefficient (Wildman–Crippen LogP) is 3.73. The minimum absolute atomic E-state index is 0.0774. The van der Waals surface area contributed by atoms with E-state index in [9.17, 15) is 14.9 Å². The average molecular weight is 487 g/mol. The molecule has 0 aromatic carbocycles. The number of hydrogen-bond acceptors (Lipinski definition) is 5. The molecule has 2 aliphatic heterocycles. The van der Waals surface area contributed by atoms with Crippen LogP contribution in [0.1, 0.15) is 84.0 Å². The van der Waals surface area contributed by atoms with E-state index in [1.807, 2.05) is 4.90 Å². The maximum atomic E-state index is 13.5. The van der Waals surface area contributed by atoms with Crippen LogP contribution in [0, 0.1) is 35.0 Å². The van der Waals surface area contributed by atoms with Crippen LogP contribution in [0.2, 0.25) is 0 Å². The SMILES string of the molecule is CCC1CCC(N2CCC(NC(=O)[C@@H](CC(=O)N3CCOCC3)CC3CCCCC3)C2)C[C@H]1C#N. The highest BCUT2D eigenvalue weighted by Crippen LogP contribution is 2.36. The number of morpholine rings is 1. The summed E-state index contributed by atoms with van der Waals surface area (Å²) < 4.78 is 5.40. The summed E-state index contributed by atoms with van der Waals surface area (Å²) in [6.07, 6.45) is 12.7. The smallest absolute Gasteiger partial charge is 0.223 e. The Bertz CT molecular complexity index is 741. The van der Waals surface area contributed by atoms with Gasteiger partial charge in [-0.25, -0.2) is 0 Å². The molecule has 5 atom stereocenters. The summed E-state index contributed by atoms with van der Waals surface area (Å²) in [4.78, 5) is 30.9. The second-order valence-corrected chi connectivity index (χ2v) is 11.5. The number of likely N-dealkylation sites (tertiary alicyclic amines) is 1. The number of amides is 2. The number of nitriles is 1. The van der Waals surface area contributed by atoms with Gasteiger partial charge in [-0.05, 0) is 43.9 Å². The molecule has 7 nitrogen and oxygen atoms in total. The molecule has 196 valence electrons. The van der Waals surface area contributed by atoms with Gasteiger partial charge in [0.2, 0.25) is 11.8 Å². The first-order valence-corrected chi connectivity index (χ1v) is 14.4. The van der Waals surface area contributed by atoms with E-state index in [0.29, 0.717) is 50.6 Å². The van der Waals surface area contributed by atoms with Crippen molar-refractivity contribution in [1.29, 1.82) is 5.26 Å². The van der Waals surface area contributed by atoms with Gasteiger partial charge in [0.25, 0.3) is 0 Å². The Hall–Kier alpha value is -1.65. The minimum Gasteiger partial charge on any atom is -0.378 e. The molecule has 1 N–H and O–H groups in total. The normalized spacial score (nSPS) is 31.6. The van der Waals surface area contributed by atoms with Crippen molar-refractivity contribution in [1.82, 2.24) is 15.1 Å². The number of nitrogens with zero attached hydrogens (tertiary/aromatic N) is 3. The minimum atomic E-state index is -0.231. The van der Waals surface area contributed by atoms with Crippen molar-refractivity contribution in [3.8, 4) is 6.07 Å². The van der Waals surface area contributed by atoms with Gasteiger partial charge in [-0.1, -0.05) is 45.4 Å². The lowest BCUT2D eigenvalue weighted by molar-refractivity contribution is -0.140. The van der Waals surface area contributed by atoms with Crippen LogP contribution < -0.4 is 5.32 Å². The first-order valence-electron chi connectivity index (χ1n) is 14.4. The zero-order valence-corrected chi connectivity index (χ0v) is 21.8. The van der Waals surface area contributed by atoms with Crippen molar-refractivity contribution in [3.63, 3.8) is 0 Å². The van der Waals surface area contributed by atoms with E-state index in [4.69, 9.17) is 4.74 Å². The number of hydrogen-bond donors (Lipinski definition) is 1. The summed E-state index contributed by atoms with van der Waals surface area (Å²) in [5, 5.41) is 13.0. The zero-order valence-electron chi connectivity index (χ0n) is 21.8. The second-order valence-electron chi connectivity index (χ2n) is 11.5. The highest BCUT2D eigenvalue weighted by Gasteiger charge is 2.37. The Kier molecular flexibility index (Phi) is 9.85. The molecule has 4 aliphatic rings. The van der Waals surface area contributed by atoms with Crippen molar-refractivity contribution >= 4 is 11.8 Å². The third kappa shape index (κ3) is 7.20. The number of ether oxygens (including phenoxy) is 1. The third-order valence-electron chi connectivity index (χ3n) is 9.24. The Morgan fingerprint density at radius 3 is 2.54 bits per heavy atom. The molecule has 0 spiro atoms. The molecule has 2 saturated carbocycles. The molecule has 0 aromatic rings. The van der Waals surface area contributed by atoms with E-state index in [1.165, 1.54) is 32.1 Å². The van der Waals surface area contributed by atoms with Crippen molar-refractivity contribution < 1.29 is 14.3 Å². The maximum absolute atomic E-state index is 13.5. The van der Waals surface area contributed by atoms with Crippen LogP contribution in [-0.2, 0) is 14.3 Å². The molecule has 0 aromatic heterocycles. The fourth-order valence-electron chi connectivity index (χ4n) is 7.01. The summed E-state index contributed by atoms with van der Waals surface area (Å²) in [6, 6.07) is 3.18. The molecule has 4 fully saturated rings. The molecule has 2 saturated heterocycles. The molecule has 2 aliphatic carbocycles. The standard InChI is InChI=1S/C28H46N4O3/c1-2-22-8-9-26(17-24(22)19-29)32-11-10-25(20-32)30-28(34)23(16-21-6-4-3-5-7-21)18-27(33)31-12-14-35-15-13-31/h21-26H,2-18,20H2,1H3,(H,30,34)/t22?,23-,24+,25?,26?/m1/s1. The van der Waals surface area contributed by atoms with Gasteiger partial charge in [-0.3, -0.25) is 14.5 Å². The van der Waals surface area contributed by atoms with Crippen LogP contribution in [-0.4, -0.2) is 73.1 Å². The molecule has 35 heavy (non-hydrogen) atoms. The predicted molar refractivity (Wildman–Crippen MR) is 135 cm³/mol. The van der Waals surface area contributed by atoms with Crippen molar-refractivity contribution in [2.24, 2.45) is 23.7 Å². The Balaban J connectivity index is 1.31. The van der Waals surface area contributed by atoms with E-state index in [-0.39, 0.29) is 29.7 Å². The topological polar surface area (TPSA) is 85.7 Å². The fourth-order valence-corrected chi connectivity index (χ4v) is 7.01. The lowest BCUT2D eigenvalue weighted by Crippen LogP contribution is -2.46.